The minimum atomic E-state index is -0.267. The number of nitrogens with one attached hydrogen (secondary N) is 1. The minimum Gasteiger partial charge on any atom is -0.377 e. The van der Waals surface area contributed by atoms with E-state index in [4.69, 9.17) is 11.6 Å². The van der Waals surface area contributed by atoms with Crippen molar-refractivity contribution in [3.8, 4) is 0 Å². The summed E-state index contributed by atoms with van der Waals surface area (Å²) in [6.45, 7) is 2.98. The van der Waals surface area contributed by atoms with E-state index in [1.807, 2.05) is 19.1 Å². The molecule has 0 bridgehead atoms. The van der Waals surface area contributed by atoms with Gasteiger partial charge < -0.3 is 5.32 Å². The maximum absolute atomic E-state index is 11.8. The third-order valence-electron chi connectivity index (χ3n) is 2.37. The molecule has 2 aromatic rings. The van der Waals surface area contributed by atoms with Crippen LogP contribution in [0.3, 0.4) is 0 Å². The van der Waals surface area contributed by atoms with Crippen LogP contribution in [0.25, 0.3) is 0 Å². The number of thiophene rings is 1. The smallest absolute Gasteiger partial charge is 0.287 e. The third-order valence-corrected chi connectivity index (χ3v) is 4.36. The van der Waals surface area contributed by atoms with Crippen molar-refractivity contribution in [1.82, 2.24) is 9.78 Å². The lowest BCUT2D eigenvalue weighted by Crippen LogP contribution is -2.23. The molecule has 0 aromatic carbocycles. The summed E-state index contributed by atoms with van der Waals surface area (Å²) in [7, 11) is 0. The van der Waals surface area contributed by atoms with E-state index >= 15 is 0 Å². The molecule has 2 heterocycles. The molecule has 0 atom stereocenters. The van der Waals surface area contributed by atoms with Crippen LogP contribution in [0.15, 0.2) is 26.9 Å². The summed E-state index contributed by atoms with van der Waals surface area (Å²) in [6, 6.07) is 3.99. The molecular formula is C11H11BrClN3OS. The highest BCUT2D eigenvalue weighted by molar-refractivity contribution is 9.11. The molecule has 96 valence electrons. The molecule has 0 fully saturated rings. The summed E-state index contributed by atoms with van der Waals surface area (Å²) in [5.74, 6) is 0. The second-order valence-electron chi connectivity index (χ2n) is 3.55. The monoisotopic (exact) mass is 347 g/mol. The van der Waals surface area contributed by atoms with Crippen LogP contribution < -0.4 is 10.9 Å². The number of nitrogens with zero attached hydrogens (tertiary/aromatic N) is 2. The fourth-order valence-electron chi connectivity index (χ4n) is 1.44. The standard InChI is InChI=1S/C11H11BrClN3OS/c1-2-16-11(17)10(13)8(6-15-16)14-5-7-3-4-9(12)18-7/h3-4,6,14H,2,5H2,1H3. The highest BCUT2D eigenvalue weighted by Crippen LogP contribution is 2.23. The number of anilines is 1. The molecule has 0 spiro atoms. The van der Waals surface area contributed by atoms with Crippen LogP contribution in [-0.2, 0) is 13.1 Å². The first kappa shape index (κ1) is 13.6. The van der Waals surface area contributed by atoms with Crippen LogP contribution in [0.5, 0.6) is 0 Å². The van der Waals surface area contributed by atoms with Crippen molar-refractivity contribution in [3.05, 3.63) is 42.4 Å². The number of hydrogen-bond donors (Lipinski definition) is 1. The molecule has 2 rings (SSSR count). The molecule has 0 aliphatic rings. The summed E-state index contributed by atoms with van der Waals surface area (Å²) in [5.41, 5.74) is 0.299. The van der Waals surface area contributed by atoms with Crippen molar-refractivity contribution >= 4 is 44.6 Å². The topological polar surface area (TPSA) is 46.9 Å². The Kier molecular flexibility index (Phi) is 4.42. The van der Waals surface area contributed by atoms with Gasteiger partial charge in [-0.05, 0) is 35.0 Å². The number of rotatable bonds is 4. The quantitative estimate of drug-likeness (QED) is 0.921. The predicted octanol–water partition coefficient (Wildman–Crippen LogP) is 3.35. The molecule has 0 saturated carbocycles. The van der Waals surface area contributed by atoms with E-state index in [1.165, 1.54) is 4.68 Å². The lowest BCUT2D eigenvalue weighted by molar-refractivity contribution is 0.616. The van der Waals surface area contributed by atoms with Gasteiger partial charge in [-0.15, -0.1) is 11.3 Å². The fourth-order valence-corrected chi connectivity index (χ4v) is 3.08. The largest absolute Gasteiger partial charge is 0.377 e. The number of hydrogen-bond acceptors (Lipinski definition) is 4. The van der Waals surface area contributed by atoms with Crippen molar-refractivity contribution in [1.29, 1.82) is 0 Å². The van der Waals surface area contributed by atoms with Crippen molar-refractivity contribution in [3.63, 3.8) is 0 Å². The summed E-state index contributed by atoms with van der Waals surface area (Å²) >= 11 is 11.0. The van der Waals surface area contributed by atoms with Crippen molar-refractivity contribution in [2.75, 3.05) is 5.32 Å². The summed E-state index contributed by atoms with van der Waals surface area (Å²) in [6.07, 6.45) is 1.58. The Labute approximate surface area is 122 Å². The molecule has 0 saturated heterocycles. The van der Waals surface area contributed by atoms with E-state index in [1.54, 1.807) is 17.5 Å². The van der Waals surface area contributed by atoms with Crippen LogP contribution in [0.4, 0.5) is 5.69 Å². The lowest BCUT2D eigenvalue weighted by atomic mass is 10.4. The summed E-state index contributed by atoms with van der Waals surface area (Å²) in [5, 5.41) is 7.33. The van der Waals surface area contributed by atoms with Gasteiger partial charge in [0.1, 0.15) is 5.02 Å². The Hall–Kier alpha value is -0.850. The molecule has 0 aliphatic heterocycles. The molecule has 0 amide bonds. The van der Waals surface area contributed by atoms with Gasteiger partial charge >= 0.3 is 0 Å². The summed E-state index contributed by atoms with van der Waals surface area (Å²) < 4.78 is 2.40. The van der Waals surface area contributed by atoms with Gasteiger partial charge in [0, 0.05) is 18.0 Å². The van der Waals surface area contributed by atoms with Gasteiger partial charge in [0.05, 0.1) is 15.7 Å². The Bertz CT molecular complexity index is 611. The molecule has 1 N–H and O–H groups in total. The van der Waals surface area contributed by atoms with Crippen LogP contribution in [0, 0.1) is 0 Å². The van der Waals surface area contributed by atoms with Crippen LogP contribution in [-0.4, -0.2) is 9.78 Å². The van der Waals surface area contributed by atoms with Gasteiger partial charge in [0.2, 0.25) is 0 Å². The predicted molar refractivity (Wildman–Crippen MR) is 78.5 cm³/mol. The average molecular weight is 349 g/mol. The van der Waals surface area contributed by atoms with E-state index in [9.17, 15) is 4.79 Å². The Morgan fingerprint density at radius 3 is 2.94 bits per heavy atom. The zero-order valence-electron chi connectivity index (χ0n) is 9.61. The van der Waals surface area contributed by atoms with E-state index in [0.717, 1.165) is 8.66 Å². The molecule has 0 aliphatic carbocycles. The normalized spacial score (nSPS) is 10.6. The van der Waals surface area contributed by atoms with Crippen molar-refractivity contribution < 1.29 is 0 Å². The van der Waals surface area contributed by atoms with Crippen molar-refractivity contribution in [2.45, 2.75) is 20.0 Å². The van der Waals surface area contributed by atoms with E-state index < -0.39 is 0 Å². The van der Waals surface area contributed by atoms with Crippen LogP contribution in [0.1, 0.15) is 11.8 Å². The molecule has 0 radical (unpaired) electrons. The molecule has 0 unspecified atom stereocenters. The molecular weight excluding hydrogens is 338 g/mol. The highest BCUT2D eigenvalue weighted by atomic mass is 79.9. The Morgan fingerprint density at radius 2 is 2.33 bits per heavy atom. The number of halogens is 2. The second kappa shape index (κ2) is 5.86. The van der Waals surface area contributed by atoms with Crippen molar-refractivity contribution in [2.24, 2.45) is 0 Å². The zero-order valence-corrected chi connectivity index (χ0v) is 12.8. The van der Waals surface area contributed by atoms with Crippen LogP contribution >= 0.6 is 38.9 Å². The fraction of sp³-hybridized carbons (Fsp3) is 0.273. The Morgan fingerprint density at radius 1 is 1.56 bits per heavy atom. The van der Waals surface area contributed by atoms with E-state index in [2.05, 4.69) is 26.3 Å². The van der Waals surface area contributed by atoms with E-state index in [-0.39, 0.29) is 10.6 Å². The number of aryl methyl sites for hydroxylation is 1. The lowest BCUT2D eigenvalue weighted by Gasteiger charge is -2.08. The SMILES string of the molecule is CCn1ncc(NCc2ccc(Br)s2)c(Cl)c1=O. The highest BCUT2D eigenvalue weighted by Gasteiger charge is 2.08. The Balaban J connectivity index is 2.15. The summed E-state index contributed by atoms with van der Waals surface area (Å²) in [4.78, 5) is 12.9. The first-order valence-corrected chi connectivity index (χ1v) is 7.34. The number of aromatic nitrogens is 2. The average Bonchev–Trinajstić information content (AvgIpc) is 2.77. The van der Waals surface area contributed by atoms with Gasteiger partial charge in [0.15, 0.2) is 0 Å². The first-order chi connectivity index (χ1) is 8.61. The van der Waals surface area contributed by atoms with Gasteiger partial charge in [-0.2, -0.15) is 5.10 Å². The van der Waals surface area contributed by atoms with Gasteiger partial charge in [-0.25, -0.2) is 4.68 Å². The maximum Gasteiger partial charge on any atom is 0.287 e. The maximum atomic E-state index is 11.8. The second-order valence-corrected chi connectivity index (χ2v) is 6.48. The van der Waals surface area contributed by atoms with Gasteiger partial charge in [-0.1, -0.05) is 11.6 Å². The van der Waals surface area contributed by atoms with E-state index in [0.29, 0.717) is 18.8 Å². The van der Waals surface area contributed by atoms with Gasteiger partial charge in [0.25, 0.3) is 5.56 Å². The zero-order chi connectivity index (χ0) is 13.1. The van der Waals surface area contributed by atoms with Crippen LogP contribution in [0.2, 0.25) is 5.02 Å². The first-order valence-electron chi connectivity index (χ1n) is 5.35. The molecule has 2 aromatic heterocycles. The van der Waals surface area contributed by atoms with Gasteiger partial charge in [-0.3, -0.25) is 4.79 Å². The molecule has 7 heteroatoms. The molecule has 4 nitrogen and oxygen atoms in total. The molecule has 18 heavy (non-hydrogen) atoms. The third kappa shape index (κ3) is 2.93. The minimum absolute atomic E-state index is 0.183.